The number of aliphatic hydroxyl groups excluding tert-OH is 2. The summed E-state index contributed by atoms with van der Waals surface area (Å²) in [6.07, 6.45) is -4.13. The van der Waals surface area contributed by atoms with Crippen molar-refractivity contribution >= 4 is 5.97 Å². The minimum absolute atomic E-state index is 0.0845. The van der Waals surface area contributed by atoms with Crippen molar-refractivity contribution in [2.75, 3.05) is 6.61 Å². The first-order chi connectivity index (χ1) is 8.88. The van der Waals surface area contributed by atoms with Crippen LogP contribution >= 0.6 is 0 Å². The standard InChI is InChI=1S/C12H13F3O4/c1-2-19-9(17)5-8(16)12(18)6-3-4-7(13)11(15)10(6)14/h3-4,8,12,16,18H,2,5H2,1H3. The highest BCUT2D eigenvalue weighted by Crippen LogP contribution is 2.25. The molecule has 0 aliphatic heterocycles. The zero-order chi connectivity index (χ0) is 14.6. The van der Waals surface area contributed by atoms with Crippen LogP contribution in [0.2, 0.25) is 0 Å². The summed E-state index contributed by atoms with van der Waals surface area (Å²) < 4.78 is 43.6. The van der Waals surface area contributed by atoms with Crippen LogP contribution in [-0.4, -0.2) is 28.9 Å². The number of hydrogen-bond donors (Lipinski definition) is 2. The smallest absolute Gasteiger partial charge is 0.308 e. The van der Waals surface area contributed by atoms with E-state index in [0.717, 1.165) is 6.07 Å². The lowest BCUT2D eigenvalue weighted by Crippen LogP contribution is -2.24. The van der Waals surface area contributed by atoms with E-state index in [4.69, 9.17) is 0 Å². The van der Waals surface area contributed by atoms with Crippen LogP contribution in [0.1, 0.15) is 25.0 Å². The maximum absolute atomic E-state index is 13.4. The SMILES string of the molecule is CCOC(=O)CC(O)C(O)c1ccc(F)c(F)c1F. The molecule has 0 spiro atoms. The molecule has 19 heavy (non-hydrogen) atoms. The van der Waals surface area contributed by atoms with Gasteiger partial charge in [0, 0.05) is 5.56 Å². The topological polar surface area (TPSA) is 66.8 Å². The second kappa shape index (κ2) is 6.53. The first kappa shape index (κ1) is 15.5. The number of halogens is 3. The second-order valence-electron chi connectivity index (χ2n) is 3.79. The van der Waals surface area contributed by atoms with Crippen LogP contribution in [0.3, 0.4) is 0 Å². The van der Waals surface area contributed by atoms with Gasteiger partial charge in [0.15, 0.2) is 17.5 Å². The number of carbonyl (C=O) groups excluding carboxylic acids is 1. The molecule has 106 valence electrons. The maximum atomic E-state index is 13.4. The molecule has 4 nitrogen and oxygen atoms in total. The molecule has 1 rings (SSSR count). The monoisotopic (exact) mass is 278 g/mol. The van der Waals surface area contributed by atoms with Crippen molar-refractivity contribution in [1.82, 2.24) is 0 Å². The molecular formula is C12H13F3O4. The molecular weight excluding hydrogens is 265 g/mol. The van der Waals surface area contributed by atoms with Gasteiger partial charge in [-0.3, -0.25) is 4.79 Å². The van der Waals surface area contributed by atoms with E-state index < -0.39 is 47.6 Å². The van der Waals surface area contributed by atoms with Crippen LogP contribution in [0.4, 0.5) is 13.2 Å². The highest BCUT2D eigenvalue weighted by atomic mass is 19.2. The lowest BCUT2D eigenvalue weighted by atomic mass is 10.0. The molecule has 0 aliphatic carbocycles. The van der Waals surface area contributed by atoms with Gasteiger partial charge in [-0.2, -0.15) is 0 Å². The molecule has 0 radical (unpaired) electrons. The van der Waals surface area contributed by atoms with Gasteiger partial charge in [0.1, 0.15) is 6.10 Å². The maximum Gasteiger partial charge on any atom is 0.308 e. The molecule has 7 heteroatoms. The van der Waals surface area contributed by atoms with Gasteiger partial charge in [0.2, 0.25) is 0 Å². The van der Waals surface area contributed by atoms with Gasteiger partial charge >= 0.3 is 5.97 Å². The van der Waals surface area contributed by atoms with Crippen molar-refractivity contribution in [1.29, 1.82) is 0 Å². The van der Waals surface area contributed by atoms with Gasteiger partial charge in [-0.25, -0.2) is 13.2 Å². The van der Waals surface area contributed by atoms with E-state index in [1.165, 1.54) is 0 Å². The fourth-order valence-corrected chi connectivity index (χ4v) is 1.48. The summed E-state index contributed by atoms with van der Waals surface area (Å²) in [4.78, 5) is 11.1. The minimum Gasteiger partial charge on any atom is -0.466 e. The normalized spacial score (nSPS) is 14.0. The first-order valence-corrected chi connectivity index (χ1v) is 5.53. The van der Waals surface area contributed by atoms with Crippen molar-refractivity contribution in [2.24, 2.45) is 0 Å². The summed E-state index contributed by atoms with van der Waals surface area (Å²) in [7, 11) is 0. The predicted molar refractivity (Wildman–Crippen MR) is 58.5 cm³/mol. The van der Waals surface area contributed by atoms with Crippen LogP contribution in [0.5, 0.6) is 0 Å². The summed E-state index contributed by atoms with van der Waals surface area (Å²) >= 11 is 0. The van der Waals surface area contributed by atoms with Crippen molar-refractivity contribution < 1.29 is 32.9 Å². The van der Waals surface area contributed by atoms with Gasteiger partial charge in [0.05, 0.1) is 19.1 Å². The van der Waals surface area contributed by atoms with Crippen LogP contribution in [0, 0.1) is 17.5 Å². The highest BCUT2D eigenvalue weighted by molar-refractivity contribution is 5.70. The molecule has 0 amide bonds. The minimum atomic E-state index is -1.86. The summed E-state index contributed by atoms with van der Waals surface area (Å²) in [5.74, 6) is -5.55. The van der Waals surface area contributed by atoms with Crippen molar-refractivity contribution in [3.63, 3.8) is 0 Å². The molecule has 1 aromatic rings. The van der Waals surface area contributed by atoms with Crippen LogP contribution in [-0.2, 0) is 9.53 Å². The number of ether oxygens (including phenoxy) is 1. The van der Waals surface area contributed by atoms with E-state index in [-0.39, 0.29) is 6.61 Å². The average Bonchev–Trinajstić information content (AvgIpc) is 2.35. The van der Waals surface area contributed by atoms with E-state index in [1.54, 1.807) is 6.92 Å². The van der Waals surface area contributed by atoms with E-state index in [2.05, 4.69) is 4.74 Å². The van der Waals surface area contributed by atoms with Crippen LogP contribution < -0.4 is 0 Å². The van der Waals surface area contributed by atoms with E-state index in [1.807, 2.05) is 0 Å². The van der Waals surface area contributed by atoms with Crippen molar-refractivity contribution in [2.45, 2.75) is 25.6 Å². The Bertz CT molecular complexity index is 465. The number of esters is 1. The Kier molecular flexibility index (Phi) is 5.31. The first-order valence-electron chi connectivity index (χ1n) is 5.53. The lowest BCUT2D eigenvalue weighted by Gasteiger charge is -2.18. The van der Waals surface area contributed by atoms with Crippen molar-refractivity contribution in [3.8, 4) is 0 Å². The molecule has 0 aromatic heterocycles. The third kappa shape index (κ3) is 3.68. The molecule has 0 bridgehead atoms. The molecule has 0 aliphatic rings. The van der Waals surface area contributed by atoms with Crippen LogP contribution in [0.25, 0.3) is 0 Å². The summed E-state index contributed by atoms with van der Waals surface area (Å²) in [6.45, 7) is 1.64. The predicted octanol–water partition coefficient (Wildman–Crippen LogP) is 1.45. The van der Waals surface area contributed by atoms with Gasteiger partial charge in [0.25, 0.3) is 0 Å². The second-order valence-corrected chi connectivity index (χ2v) is 3.79. The Morgan fingerprint density at radius 2 is 1.89 bits per heavy atom. The molecule has 2 N–H and O–H groups in total. The molecule has 0 fully saturated rings. The van der Waals surface area contributed by atoms with Crippen molar-refractivity contribution in [3.05, 3.63) is 35.1 Å². The summed E-state index contributed by atoms with van der Waals surface area (Å²) in [6, 6.07) is 1.42. The number of rotatable bonds is 5. The molecule has 1 aromatic carbocycles. The highest BCUT2D eigenvalue weighted by Gasteiger charge is 2.26. The Labute approximate surface area is 107 Å². The Morgan fingerprint density at radius 3 is 2.47 bits per heavy atom. The fourth-order valence-electron chi connectivity index (χ4n) is 1.48. The Balaban J connectivity index is 2.85. The van der Waals surface area contributed by atoms with E-state index in [0.29, 0.717) is 6.07 Å². The Morgan fingerprint density at radius 1 is 1.26 bits per heavy atom. The number of aliphatic hydroxyl groups is 2. The van der Waals surface area contributed by atoms with Gasteiger partial charge < -0.3 is 14.9 Å². The van der Waals surface area contributed by atoms with E-state index in [9.17, 15) is 28.2 Å². The Hall–Kier alpha value is -1.60. The molecule has 0 saturated carbocycles. The van der Waals surface area contributed by atoms with E-state index >= 15 is 0 Å². The fraction of sp³-hybridized carbons (Fsp3) is 0.417. The van der Waals surface area contributed by atoms with Gasteiger partial charge in [-0.15, -0.1) is 0 Å². The number of hydrogen-bond acceptors (Lipinski definition) is 4. The summed E-state index contributed by atoms with van der Waals surface area (Å²) in [5.41, 5.74) is -0.629. The zero-order valence-electron chi connectivity index (χ0n) is 10.1. The largest absolute Gasteiger partial charge is 0.466 e. The zero-order valence-corrected chi connectivity index (χ0v) is 10.1. The molecule has 0 heterocycles. The third-order valence-electron chi connectivity index (χ3n) is 2.43. The third-order valence-corrected chi connectivity index (χ3v) is 2.43. The van der Waals surface area contributed by atoms with Gasteiger partial charge in [-0.1, -0.05) is 6.07 Å². The van der Waals surface area contributed by atoms with Crippen LogP contribution in [0.15, 0.2) is 12.1 Å². The summed E-state index contributed by atoms with van der Waals surface area (Å²) in [5, 5.41) is 19.1. The number of benzene rings is 1. The number of carbonyl (C=O) groups is 1. The molecule has 2 atom stereocenters. The lowest BCUT2D eigenvalue weighted by molar-refractivity contribution is -0.147. The molecule has 2 unspecified atom stereocenters. The quantitative estimate of drug-likeness (QED) is 0.632. The van der Waals surface area contributed by atoms with Gasteiger partial charge in [-0.05, 0) is 13.0 Å². The average molecular weight is 278 g/mol. The molecule has 0 saturated heterocycles.